The third-order valence-electron chi connectivity index (χ3n) is 3.17. The Hall–Kier alpha value is -1.12. The topological polar surface area (TPSA) is 84.5 Å². The van der Waals surface area contributed by atoms with E-state index in [9.17, 15) is 13.2 Å². The second-order valence-electron chi connectivity index (χ2n) is 4.87. The van der Waals surface area contributed by atoms with Crippen LogP contribution in [0.3, 0.4) is 0 Å². The summed E-state index contributed by atoms with van der Waals surface area (Å²) < 4.78 is 29.0. The predicted octanol–water partition coefficient (Wildman–Crippen LogP) is 1.17. The van der Waals surface area contributed by atoms with Gasteiger partial charge in [0.25, 0.3) is 0 Å². The van der Waals surface area contributed by atoms with Crippen molar-refractivity contribution in [3.8, 4) is 5.75 Å². The Kier molecular flexibility index (Phi) is 5.23. The molecule has 0 spiro atoms. The van der Waals surface area contributed by atoms with E-state index < -0.39 is 9.84 Å². The molecule has 1 aliphatic rings. The van der Waals surface area contributed by atoms with Crippen molar-refractivity contribution in [2.24, 2.45) is 0 Å². The Morgan fingerprint density at radius 2 is 2.29 bits per heavy atom. The number of hydrogen-bond donors (Lipinski definition) is 2. The first-order valence-electron chi connectivity index (χ1n) is 6.47. The Bertz CT molecular complexity index is 633. The lowest BCUT2D eigenvalue weighted by Gasteiger charge is -2.23. The molecule has 1 fully saturated rings. The minimum Gasteiger partial charge on any atom is -0.495 e. The molecule has 1 unspecified atom stereocenters. The van der Waals surface area contributed by atoms with E-state index >= 15 is 0 Å². The maximum atomic E-state index is 12.0. The van der Waals surface area contributed by atoms with E-state index in [1.807, 2.05) is 0 Å². The minimum absolute atomic E-state index is 0.00405. The molecule has 6 nitrogen and oxygen atoms in total. The van der Waals surface area contributed by atoms with Crippen LogP contribution in [-0.2, 0) is 14.6 Å². The quantitative estimate of drug-likeness (QED) is 0.823. The molecule has 1 saturated heterocycles. The highest BCUT2D eigenvalue weighted by Gasteiger charge is 2.25. The van der Waals surface area contributed by atoms with E-state index in [0.717, 1.165) is 4.47 Å². The van der Waals surface area contributed by atoms with Crippen LogP contribution in [-0.4, -0.2) is 45.5 Å². The van der Waals surface area contributed by atoms with Gasteiger partial charge in [-0.15, -0.1) is 0 Å². The van der Waals surface area contributed by atoms with Gasteiger partial charge in [0.2, 0.25) is 5.91 Å². The molecule has 0 aromatic heterocycles. The summed E-state index contributed by atoms with van der Waals surface area (Å²) in [5.41, 5.74) is 0.610. The summed E-state index contributed by atoms with van der Waals surface area (Å²) in [6.07, 6.45) is 0.123. The number of sulfone groups is 1. The van der Waals surface area contributed by atoms with E-state index in [2.05, 4.69) is 26.6 Å². The van der Waals surface area contributed by atoms with Gasteiger partial charge in [-0.25, -0.2) is 8.42 Å². The monoisotopic (exact) mass is 376 g/mol. The van der Waals surface area contributed by atoms with Crippen molar-refractivity contribution >= 4 is 37.4 Å². The van der Waals surface area contributed by atoms with Crippen LogP contribution in [0.4, 0.5) is 5.69 Å². The van der Waals surface area contributed by atoms with Gasteiger partial charge in [-0.3, -0.25) is 4.79 Å². The van der Waals surface area contributed by atoms with Crippen molar-refractivity contribution in [3.63, 3.8) is 0 Å². The maximum Gasteiger partial charge on any atom is 0.225 e. The molecule has 0 saturated carbocycles. The van der Waals surface area contributed by atoms with E-state index in [1.54, 1.807) is 25.3 Å². The lowest BCUT2D eigenvalue weighted by Crippen LogP contribution is -2.46. The Labute approximate surface area is 132 Å². The Balaban J connectivity index is 1.95. The molecule has 1 amide bonds. The average Bonchev–Trinajstić information content (AvgIpc) is 2.39. The zero-order chi connectivity index (χ0) is 15.5. The summed E-state index contributed by atoms with van der Waals surface area (Å²) in [4.78, 5) is 12.0. The molecule has 2 rings (SSSR count). The van der Waals surface area contributed by atoms with Gasteiger partial charge in [0.05, 0.1) is 23.1 Å². The normalized spacial score (nSPS) is 20.8. The Morgan fingerprint density at radius 1 is 1.52 bits per heavy atom. The summed E-state index contributed by atoms with van der Waals surface area (Å²) >= 11 is 3.33. The molecule has 1 heterocycles. The van der Waals surface area contributed by atoms with Crippen LogP contribution < -0.4 is 15.4 Å². The van der Waals surface area contributed by atoms with Crippen molar-refractivity contribution in [1.29, 1.82) is 0 Å². The summed E-state index contributed by atoms with van der Waals surface area (Å²) in [6, 6.07) is 4.89. The van der Waals surface area contributed by atoms with Gasteiger partial charge in [0.1, 0.15) is 5.75 Å². The minimum atomic E-state index is -3.04. The average molecular weight is 377 g/mol. The van der Waals surface area contributed by atoms with Gasteiger partial charge in [0.15, 0.2) is 9.84 Å². The Morgan fingerprint density at radius 3 is 2.95 bits per heavy atom. The van der Waals surface area contributed by atoms with Crippen LogP contribution in [0, 0.1) is 0 Å². The zero-order valence-electron chi connectivity index (χ0n) is 11.6. The molecular weight excluding hydrogens is 360 g/mol. The number of rotatable bonds is 4. The first-order chi connectivity index (χ1) is 9.89. The van der Waals surface area contributed by atoms with Gasteiger partial charge in [-0.1, -0.05) is 0 Å². The number of carbonyl (C=O) groups excluding carboxylic acids is 1. The van der Waals surface area contributed by atoms with Crippen molar-refractivity contribution in [2.75, 3.05) is 30.5 Å². The molecule has 0 aliphatic carbocycles. The zero-order valence-corrected chi connectivity index (χ0v) is 14.0. The first-order valence-corrected chi connectivity index (χ1v) is 9.08. The summed E-state index contributed by atoms with van der Waals surface area (Å²) in [7, 11) is -1.49. The standard InChI is InChI=1S/C13H17BrN2O4S/c1-20-12-6-9(2-3-11(12)14)16-13(17)7-10-8-21(18,19)5-4-15-10/h2-3,6,10,15H,4-5,7-8H2,1H3,(H,16,17). The van der Waals surface area contributed by atoms with E-state index in [4.69, 9.17) is 4.74 Å². The number of hydrogen-bond acceptors (Lipinski definition) is 5. The molecule has 0 radical (unpaired) electrons. The predicted molar refractivity (Wildman–Crippen MR) is 84.4 cm³/mol. The van der Waals surface area contributed by atoms with Crippen molar-refractivity contribution in [1.82, 2.24) is 5.32 Å². The van der Waals surface area contributed by atoms with E-state index in [1.165, 1.54) is 0 Å². The molecule has 21 heavy (non-hydrogen) atoms. The highest BCUT2D eigenvalue weighted by molar-refractivity contribution is 9.10. The lowest BCUT2D eigenvalue weighted by atomic mass is 10.2. The fourth-order valence-corrected chi connectivity index (χ4v) is 4.02. The number of anilines is 1. The fourth-order valence-electron chi connectivity index (χ4n) is 2.17. The van der Waals surface area contributed by atoms with E-state index in [-0.39, 0.29) is 29.9 Å². The first kappa shape index (κ1) is 16.3. The third kappa shape index (κ3) is 4.69. The smallest absolute Gasteiger partial charge is 0.225 e. The number of methoxy groups -OCH3 is 1. The molecule has 1 aromatic carbocycles. The lowest BCUT2D eigenvalue weighted by molar-refractivity contribution is -0.116. The van der Waals surface area contributed by atoms with Crippen LogP contribution in [0.2, 0.25) is 0 Å². The number of benzene rings is 1. The molecule has 1 aromatic rings. The highest BCUT2D eigenvalue weighted by atomic mass is 79.9. The number of carbonyl (C=O) groups is 1. The SMILES string of the molecule is COc1cc(NC(=O)CC2CS(=O)(=O)CCN2)ccc1Br. The highest BCUT2D eigenvalue weighted by Crippen LogP contribution is 2.27. The van der Waals surface area contributed by atoms with Gasteiger partial charge < -0.3 is 15.4 Å². The number of halogens is 1. The van der Waals surface area contributed by atoms with Gasteiger partial charge in [-0.2, -0.15) is 0 Å². The molecule has 8 heteroatoms. The van der Waals surface area contributed by atoms with Crippen LogP contribution in [0.15, 0.2) is 22.7 Å². The van der Waals surface area contributed by atoms with Crippen LogP contribution in [0.1, 0.15) is 6.42 Å². The summed E-state index contributed by atoms with van der Waals surface area (Å²) in [6.45, 7) is 0.395. The molecule has 116 valence electrons. The van der Waals surface area contributed by atoms with Gasteiger partial charge in [0, 0.05) is 30.8 Å². The third-order valence-corrected chi connectivity index (χ3v) is 5.56. The second kappa shape index (κ2) is 6.76. The molecule has 2 N–H and O–H groups in total. The fraction of sp³-hybridized carbons (Fsp3) is 0.462. The number of ether oxygens (including phenoxy) is 1. The van der Waals surface area contributed by atoms with E-state index in [0.29, 0.717) is 18.0 Å². The van der Waals surface area contributed by atoms with Crippen LogP contribution >= 0.6 is 15.9 Å². The summed E-state index contributed by atoms with van der Waals surface area (Å²) in [5.74, 6) is 0.527. The molecule has 1 aliphatic heterocycles. The number of amides is 1. The number of nitrogens with one attached hydrogen (secondary N) is 2. The van der Waals surface area contributed by atoms with Crippen molar-refractivity contribution in [3.05, 3.63) is 22.7 Å². The summed E-state index contributed by atoms with van der Waals surface area (Å²) in [5, 5.41) is 5.79. The largest absolute Gasteiger partial charge is 0.495 e. The van der Waals surface area contributed by atoms with Crippen LogP contribution in [0.5, 0.6) is 5.75 Å². The van der Waals surface area contributed by atoms with Gasteiger partial charge in [-0.05, 0) is 28.1 Å². The molecule has 0 bridgehead atoms. The van der Waals surface area contributed by atoms with Crippen molar-refractivity contribution < 1.29 is 17.9 Å². The van der Waals surface area contributed by atoms with Crippen molar-refractivity contribution in [2.45, 2.75) is 12.5 Å². The van der Waals surface area contributed by atoms with Crippen LogP contribution in [0.25, 0.3) is 0 Å². The van der Waals surface area contributed by atoms with Gasteiger partial charge >= 0.3 is 0 Å². The maximum absolute atomic E-state index is 12.0. The molecule has 1 atom stereocenters. The second-order valence-corrected chi connectivity index (χ2v) is 7.95. The molecular formula is C13H17BrN2O4S.